The van der Waals surface area contributed by atoms with Crippen LogP contribution in [0.1, 0.15) is 10.5 Å². The summed E-state index contributed by atoms with van der Waals surface area (Å²) in [5.41, 5.74) is 1.73. The topological polar surface area (TPSA) is 93.5 Å². The first-order chi connectivity index (χ1) is 12.6. The summed E-state index contributed by atoms with van der Waals surface area (Å²) in [6.07, 6.45) is 0. The molecule has 2 amide bonds. The third-order valence-corrected chi connectivity index (χ3v) is 4.06. The Balaban J connectivity index is 1.55. The number of carbonyl (C=O) groups is 2. The highest BCUT2D eigenvalue weighted by Crippen LogP contribution is 2.36. The first-order valence-corrected chi connectivity index (χ1v) is 8.07. The molecule has 3 aromatic rings. The van der Waals surface area contributed by atoms with E-state index >= 15 is 0 Å². The molecule has 130 valence electrons. The first kappa shape index (κ1) is 16.2. The van der Waals surface area contributed by atoms with Gasteiger partial charge in [0.1, 0.15) is 5.75 Å². The quantitative estimate of drug-likeness (QED) is 0.736. The second kappa shape index (κ2) is 6.53. The van der Waals surface area contributed by atoms with Crippen LogP contribution in [0.2, 0.25) is 5.02 Å². The zero-order chi connectivity index (χ0) is 18.1. The van der Waals surface area contributed by atoms with Crippen molar-refractivity contribution in [2.45, 2.75) is 0 Å². The zero-order valence-corrected chi connectivity index (χ0v) is 14.0. The van der Waals surface area contributed by atoms with E-state index in [4.69, 9.17) is 20.9 Å². The standard InChI is InChI=1S/C18H12ClN3O4/c19-11-6-13-16(25-9-17(23)20-13)7-12(11)21-18(24)14-8-15(26-22-14)10-4-2-1-3-5-10/h1-8H,9H2,(H,20,23)(H,21,24). The molecular formula is C18H12ClN3O4. The Morgan fingerprint density at radius 3 is 2.81 bits per heavy atom. The molecule has 1 aliphatic rings. The zero-order valence-electron chi connectivity index (χ0n) is 13.3. The lowest BCUT2D eigenvalue weighted by Crippen LogP contribution is -2.25. The van der Waals surface area contributed by atoms with E-state index in [1.54, 1.807) is 12.1 Å². The highest BCUT2D eigenvalue weighted by atomic mass is 35.5. The van der Waals surface area contributed by atoms with Crippen LogP contribution in [0.25, 0.3) is 11.3 Å². The van der Waals surface area contributed by atoms with E-state index in [0.29, 0.717) is 22.9 Å². The molecule has 0 bridgehead atoms. The molecule has 1 aliphatic heterocycles. The van der Waals surface area contributed by atoms with Gasteiger partial charge in [-0.2, -0.15) is 0 Å². The van der Waals surface area contributed by atoms with Gasteiger partial charge in [-0.15, -0.1) is 0 Å². The maximum atomic E-state index is 12.4. The van der Waals surface area contributed by atoms with E-state index < -0.39 is 5.91 Å². The van der Waals surface area contributed by atoms with Crippen LogP contribution >= 0.6 is 11.6 Å². The third-order valence-electron chi connectivity index (χ3n) is 3.75. The van der Waals surface area contributed by atoms with E-state index in [2.05, 4.69) is 15.8 Å². The van der Waals surface area contributed by atoms with E-state index in [9.17, 15) is 9.59 Å². The predicted octanol–water partition coefficient (Wildman–Crippen LogP) is 3.58. The predicted molar refractivity (Wildman–Crippen MR) is 95.5 cm³/mol. The number of nitrogens with one attached hydrogen (secondary N) is 2. The van der Waals surface area contributed by atoms with Crippen molar-refractivity contribution in [3.63, 3.8) is 0 Å². The summed E-state index contributed by atoms with van der Waals surface area (Å²) in [4.78, 5) is 23.8. The number of hydrogen-bond acceptors (Lipinski definition) is 5. The minimum absolute atomic E-state index is 0.0915. The largest absolute Gasteiger partial charge is 0.482 e. The monoisotopic (exact) mass is 369 g/mol. The number of carbonyl (C=O) groups excluding carboxylic acids is 2. The lowest BCUT2D eigenvalue weighted by Gasteiger charge is -2.19. The van der Waals surface area contributed by atoms with E-state index in [1.165, 1.54) is 6.07 Å². The molecule has 1 aromatic heterocycles. The molecule has 0 fully saturated rings. The van der Waals surface area contributed by atoms with Gasteiger partial charge in [0.2, 0.25) is 0 Å². The summed E-state index contributed by atoms with van der Waals surface area (Å²) in [6, 6.07) is 13.9. The normalized spacial score (nSPS) is 12.7. The molecule has 0 atom stereocenters. The molecule has 0 aliphatic carbocycles. The summed E-state index contributed by atoms with van der Waals surface area (Å²) in [7, 11) is 0. The van der Waals surface area contributed by atoms with Crippen LogP contribution in [0.5, 0.6) is 5.75 Å². The molecule has 26 heavy (non-hydrogen) atoms. The Morgan fingerprint density at radius 1 is 1.19 bits per heavy atom. The number of hydrogen-bond donors (Lipinski definition) is 2. The van der Waals surface area contributed by atoms with Gasteiger partial charge in [0.25, 0.3) is 11.8 Å². The highest BCUT2D eigenvalue weighted by Gasteiger charge is 2.20. The van der Waals surface area contributed by atoms with Crippen LogP contribution in [0.15, 0.2) is 53.1 Å². The molecule has 2 aromatic carbocycles. The Hall–Kier alpha value is -3.32. The van der Waals surface area contributed by atoms with Crippen molar-refractivity contribution in [1.82, 2.24) is 5.16 Å². The molecule has 7 nitrogen and oxygen atoms in total. The van der Waals surface area contributed by atoms with Crippen LogP contribution < -0.4 is 15.4 Å². The Morgan fingerprint density at radius 2 is 2.00 bits per heavy atom. The molecule has 0 saturated heterocycles. The van der Waals surface area contributed by atoms with Crippen molar-refractivity contribution >= 4 is 34.8 Å². The number of nitrogens with zero attached hydrogens (tertiary/aromatic N) is 1. The molecular weight excluding hydrogens is 358 g/mol. The van der Waals surface area contributed by atoms with Crippen molar-refractivity contribution in [2.75, 3.05) is 17.2 Å². The number of benzene rings is 2. The van der Waals surface area contributed by atoms with Gasteiger partial charge in [-0.05, 0) is 6.07 Å². The summed E-state index contributed by atoms with van der Waals surface area (Å²) in [5.74, 6) is 0.173. The minimum atomic E-state index is -0.474. The Kier molecular flexibility index (Phi) is 4.06. The number of amides is 2. The summed E-state index contributed by atoms with van der Waals surface area (Å²) < 4.78 is 10.6. The van der Waals surface area contributed by atoms with Gasteiger partial charge in [-0.25, -0.2) is 0 Å². The average molecular weight is 370 g/mol. The van der Waals surface area contributed by atoms with Crippen molar-refractivity contribution in [1.29, 1.82) is 0 Å². The van der Waals surface area contributed by atoms with E-state index in [0.717, 1.165) is 5.56 Å². The molecule has 0 saturated carbocycles. The van der Waals surface area contributed by atoms with Crippen LogP contribution in [-0.4, -0.2) is 23.6 Å². The van der Waals surface area contributed by atoms with E-state index in [1.807, 2.05) is 30.3 Å². The number of rotatable bonds is 3. The summed E-state index contributed by atoms with van der Waals surface area (Å²) in [6.45, 7) is -0.0915. The molecule has 0 radical (unpaired) electrons. The van der Waals surface area contributed by atoms with Crippen molar-refractivity contribution in [3.05, 3.63) is 59.2 Å². The first-order valence-electron chi connectivity index (χ1n) is 7.70. The number of halogens is 1. The number of fused-ring (bicyclic) bond motifs is 1. The van der Waals surface area contributed by atoms with Crippen LogP contribution in [0.4, 0.5) is 11.4 Å². The smallest absolute Gasteiger partial charge is 0.277 e. The lowest BCUT2D eigenvalue weighted by atomic mass is 10.1. The van der Waals surface area contributed by atoms with Crippen molar-refractivity contribution < 1.29 is 18.8 Å². The molecule has 8 heteroatoms. The van der Waals surface area contributed by atoms with Gasteiger partial charge >= 0.3 is 0 Å². The van der Waals surface area contributed by atoms with Gasteiger partial charge < -0.3 is 19.9 Å². The fourth-order valence-corrected chi connectivity index (χ4v) is 2.71. The molecule has 0 unspecified atom stereocenters. The van der Waals surface area contributed by atoms with Crippen LogP contribution in [-0.2, 0) is 4.79 Å². The van der Waals surface area contributed by atoms with Gasteiger partial charge in [-0.3, -0.25) is 9.59 Å². The second-order valence-corrected chi connectivity index (χ2v) is 5.97. The minimum Gasteiger partial charge on any atom is -0.482 e. The summed E-state index contributed by atoms with van der Waals surface area (Å²) in [5, 5.41) is 9.37. The fraction of sp³-hybridized carbons (Fsp3) is 0.0556. The number of ether oxygens (including phenoxy) is 1. The van der Waals surface area contributed by atoms with Crippen molar-refractivity contribution in [3.8, 4) is 17.1 Å². The molecule has 4 rings (SSSR count). The number of anilines is 2. The molecule has 2 N–H and O–H groups in total. The van der Waals surface area contributed by atoms with Gasteiger partial charge in [0, 0.05) is 17.7 Å². The molecule has 2 heterocycles. The van der Waals surface area contributed by atoms with Gasteiger partial charge in [-0.1, -0.05) is 47.1 Å². The second-order valence-electron chi connectivity index (χ2n) is 5.56. The SMILES string of the molecule is O=C1COc2cc(NC(=O)c3cc(-c4ccccc4)on3)c(Cl)cc2N1. The van der Waals surface area contributed by atoms with Crippen LogP contribution in [0.3, 0.4) is 0 Å². The lowest BCUT2D eigenvalue weighted by molar-refractivity contribution is -0.118. The fourth-order valence-electron chi connectivity index (χ4n) is 2.50. The maximum Gasteiger partial charge on any atom is 0.277 e. The number of aromatic nitrogens is 1. The van der Waals surface area contributed by atoms with Gasteiger partial charge in [0.15, 0.2) is 18.1 Å². The maximum absolute atomic E-state index is 12.4. The van der Waals surface area contributed by atoms with Crippen LogP contribution in [0, 0.1) is 0 Å². The Bertz CT molecular complexity index is 1000. The summed E-state index contributed by atoms with van der Waals surface area (Å²) >= 11 is 6.18. The average Bonchev–Trinajstić information content (AvgIpc) is 3.13. The van der Waals surface area contributed by atoms with E-state index in [-0.39, 0.29) is 23.2 Å². The van der Waals surface area contributed by atoms with Crippen molar-refractivity contribution in [2.24, 2.45) is 0 Å². The third kappa shape index (κ3) is 3.12. The van der Waals surface area contributed by atoms with Gasteiger partial charge in [0.05, 0.1) is 16.4 Å². The highest BCUT2D eigenvalue weighted by molar-refractivity contribution is 6.34. The Labute approximate surface area is 152 Å². The molecule has 0 spiro atoms.